The molecule has 0 atom stereocenters. The van der Waals surface area contributed by atoms with Gasteiger partial charge >= 0.3 is 8.56 Å². The van der Waals surface area contributed by atoms with E-state index in [4.69, 9.17) is 13.6 Å². The third kappa shape index (κ3) is 4.14. The van der Waals surface area contributed by atoms with Gasteiger partial charge in [0.1, 0.15) is 17.2 Å². The van der Waals surface area contributed by atoms with Crippen molar-refractivity contribution in [1.29, 1.82) is 0 Å². The van der Waals surface area contributed by atoms with Crippen LogP contribution in [-0.2, 0) is 0 Å². The first kappa shape index (κ1) is 18.9. The lowest BCUT2D eigenvalue weighted by atomic mass is 10.3. The van der Waals surface area contributed by atoms with Crippen LogP contribution in [0.4, 0.5) is 0 Å². The van der Waals surface area contributed by atoms with Crippen molar-refractivity contribution in [3.8, 4) is 17.2 Å². The van der Waals surface area contributed by atoms with Crippen LogP contribution in [0.15, 0.2) is 53.0 Å². The highest BCUT2D eigenvalue weighted by molar-refractivity contribution is 9.10. The fraction of sp³-hybridized carbons (Fsp3) is 0.368. The molecule has 0 bridgehead atoms. The van der Waals surface area contributed by atoms with Crippen LogP contribution in [0.3, 0.4) is 0 Å². The van der Waals surface area contributed by atoms with Crippen LogP contribution in [0.5, 0.6) is 17.2 Å². The Labute approximate surface area is 154 Å². The van der Waals surface area contributed by atoms with Crippen LogP contribution in [0, 0.1) is 0 Å². The molecule has 0 spiro atoms. The van der Waals surface area contributed by atoms with Gasteiger partial charge in [-0.2, -0.15) is 0 Å². The third-order valence-corrected chi connectivity index (χ3v) is 9.02. The zero-order valence-corrected chi connectivity index (χ0v) is 17.5. The van der Waals surface area contributed by atoms with Crippen molar-refractivity contribution in [2.75, 3.05) is 7.11 Å². The van der Waals surface area contributed by atoms with Crippen LogP contribution in [-0.4, -0.2) is 15.7 Å². The van der Waals surface area contributed by atoms with Gasteiger partial charge in [-0.1, -0.05) is 39.8 Å². The Bertz CT molecular complexity index is 648. The van der Waals surface area contributed by atoms with E-state index in [-0.39, 0.29) is 11.1 Å². The maximum absolute atomic E-state index is 6.55. The summed E-state index contributed by atoms with van der Waals surface area (Å²) >= 11 is 3.58. The minimum atomic E-state index is -2.56. The van der Waals surface area contributed by atoms with Crippen molar-refractivity contribution in [1.82, 2.24) is 0 Å². The van der Waals surface area contributed by atoms with Crippen molar-refractivity contribution < 1.29 is 13.6 Å². The largest absolute Gasteiger partial charge is 0.512 e. The second-order valence-corrected chi connectivity index (χ2v) is 11.4. The maximum atomic E-state index is 6.55. The average Bonchev–Trinajstić information content (AvgIpc) is 2.56. The minimum Gasteiger partial charge on any atom is -0.512 e. The van der Waals surface area contributed by atoms with Gasteiger partial charge in [0, 0.05) is 11.1 Å². The van der Waals surface area contributed by atoms with Crippen LogP contribution in [0.1, 0.15) is 27.7 Å². The number of rotatable bonds is 7. The summed E-state index contributed by atoms with van der Waals surface area (Å²) in [5.74, 6) is 2.47. The van der Waals surface area contributed by atoms with Gasteiger partial charge in [-0.25, -0.2) is 0 Å². The predicted molar refractivity (Wildman–Crippen MR) is 104 cm³/mol. The van der Waals surface area contributed by atoms with Crippen molar-refractivity contribution in [2.45, 2.75) is 38.8 Å². The average molecular weight is 409 g/mol. The van der Waals surface area contributed by atoms with Gasteiger partial charge in [-0.3, -0.25) is 0 Å². The van der Waals surface area contributed by atoms with Crippen molar-refractivity contribution >= 4 is 24.5 Å². The number of hydrogen-bond acceptors (Lipinski definition) is 3. The van der Waals surface area contributed by atoms with Gasteiger partial charge in [0.2, 0.25) is 0 Å². The molecular formula is C19H25BrO3Si. The van der Waals surface area contributed by atoms with Crippen molar-refractivity contribution in [2.24, 2.45) is 0 Å². The minimum absolute atomic E-state index is 0.284. The number of para-hydroxylation sites is 1. The molecule has 0 aliphatic rings. The standard InChI is InChI=1S/C19H25BrO3Si/c1-14(2)24(15(3)4,23-19-9-7-6-8-18(19)20)22-17-12-10-16(21-5)11-13-17/h6-15H,1-5H3. The van der Waals surface area contributed by atoms with E-state index in [0.717, 1.165) is 21.7 Å². The summed E-state index contributed by atoms with van der Waals surface area (Å²) in [6.45, 7) is 8.69. The molecule has 3 nitrogen and oxygen atoms in total. The van der Waals surface area contributed by atoms with Gasteiger partial charge < -0.3 is 13.6 Å². The fourth-order valence-corrected chi connectivity index (χ4v) is 6.55. The zero-order valence-electron chi connectivity index (χ0n) is 14.9. The van der Waals surface area contributed by atoms with E-state index in [1.165, 1.54) is 0 Å². The number of halogens is 1. The molecule has 0 saturated heterocycles. The third-order valence-electron chi connectivity index (χ3n) is 4.05. The zero-order chi connectivity index (χ0) is 17.7. The van der Waals surface area contributed by atoms with Crippen molar-refractivity contribution in [3.63, 3.8) is 0 Å². The quantitative estimate of drug-likeness (QED) is 0.511. The number of methoxy groups -OCH3 is 1. The van der Waals surface area contributed by atoms with E-state index >= 15 is 0 Å². The monoisotopic (exact) mass is 408 g/mol. The summed E-state index contributed by atoms with van der Waals surface area (Å²) < 4.78 is 19.2. The number of hydrogen-bond donors (Lipinski definition) is 0. The van der Waals surface area contributed by atoms with Gasteiger partial charge in [0.25, 0.3) is 0 Å². The van der Waals surface area contributed by atoms with E-state index in [9.17, 15) is 0 Å². The Kier molecular flexibility index (Phi) is 6.35. The highest BCUT2D eigenvalue weighted by atomic mass is 79.9. The molecule has 0 amide bonds. The summed E-state index contributed by atoms with van der Waals surface area (Å²) in [5.41, 5.74) is 0.568. The van der Waals surface area contributed by atoms with E-state index < -0.39 is 8.56 Å². The SMILES string of the molecule is COc1ccc(O[Si](Oc2ccccc2Br)(C(C)C)C(C)C)cc1. The lowest BCUT2D eigenvalue weighted by Gasteiger charge is -2.37. The summed E-state index contributed by atoms with van der Waals surface area (Å²) in [7, 11) is -0.902. The number of ether oxygens (including phenoxy) is 1. The van der Waals surface area contributed by atoms with Crippen LogP contribution in [0.25, 0.3) is 0 Å². The Morgan fingerprint density at radius 2 is 1.33 bits per heavy atom. The van der Waals surface area contributed by atoms with E-state index in [2.05, 4.69) is 43.6 Å². The Balaban J connectivity index is 2.37. The summed E-state index contributed by atoms with van der Waals surface area (Å²) in [5, 5.41) is 0. The molecule has 24 heavy (non-hydrogen) atoms. The first-order chi connectivity index (χ1) is 11.4. The Hall–Kier alpha value is -1.46. The topological polar surface area (TPSA) is 27.7 Å². The molecule has 0 aliphatic carbocycles. The second kappa shape index (κ2) is 8.08. The van der Waals surface area contributed by atoms with Gasteiger partial charge in [-0.15, -0.1) is 0 Å². The molecule has 0 unspecified atom stereocenters. The summed E-state index contributed by atoms with van der Waals surface area (Å²) in [4.78, 5) is 0. The predicted octanol–water partition coefficient (Wildman–Crippen LogP) is 6.18. The Morgan fingerprint density at radius 3 is 1.83 bits per heavy atom. The molecular weight excluding hydrogens is 384 g/mol. The van der Waals surface area contributed by atoms with Crippen LogP contribution in [0.2, 0.25) is 11.1 Å². The van der Waals surface area contributed by atoms with Crippen LogP contribution < -0.4 is 13.6 Å². The van der Waals surface area contributed by atoms with E-state index in [0.29, 0.717) is 0 Å². The molecule has 2 aromatic rings. The molecule has 0 fully saturated rings. The molecule has 0 aromatic heterocycles. The molecule has 0 radical (unpaired) electrons. The number of benzene rings is 2. The molecule has 0 saturated carbocycles. The first-order valence-corrected chi connectivity index (χ1v) is 10.9. The summed E-state index contributed by atoms with van der Waals surface area (Å²) in [6, 6.07) is 15.6. The Morgan fingerprint density at radius 1 is 0.792 bits per heavy atom. The van der Waals surface area contributed by atoms with Gasteiger partial charge in [0.15, 0.2) is 0 Å². The highest BCUT2D eigenvalue weighted by Crippen LogP contribution is 2.39. The molecule has 2 aromatic carbocycles. The molecule has 0 heterocycles. The summed E-state index contributed by atoms with van der Waals surface area (Å²) in [6.07, 6.45) is 0. The van der Waals surface area contributed by atoms with Crippen LogP contribution >= 0.6 is 15.9 Å². The molecule has 130 valence electrons. The van der Waals surface area contributed by atoms with Gasteiger partial charge in [0.05, 0.1) is 11.6 Å². The molecule has 2 rings (SSSR count). The maximum Gasteiger partial charge on any atom is 0.465 e. The normalized spacial score (nSPS) is 11.7. The lowest BCUT2D eigenvalue weighted by molar-refractivity contribution is 0.349. The van der Waals surface area contributed by atoms with E-state index in [1.807, 2.05) is 48.5 Å². The lowest BCUT2D eigenvalue weighted by Crippen LogP contribution is -2.54. The first-order valence-electron chi connectivity index (χ1n) is 8.15. The molecule has 0 aliphatic heterocycles. The molecule has 0 N–H and O–H groups in total. The second-order valence-electron chi connectivity index (χ2n) is 6.34. The van der Waals surface area contributed by atoms with Crippen molar-refractivity contribution in [3.05, 3.63) is 53.0 Å². The molecule has 5 heteroatoms. The van der Waals surface area contributed by atoms with E-state index in [1.54, 1.807) is 7.11 Å². The fourth-order valence-electron chi connectivity index (χ4n) is 2.69. The smallest absolute Gasteiger partial charge is 0.465 e. The highest BCUT2D eigenvalue weighted by Gasteiger charge is 2.49. The van der Waals surface area contributed by atoms with Gasteiger partial charge in [-0.05, 0) is 52.3 Å².